The normalized spacial score (nSPS) is 19.9. The molecule has 0 radical (unpaired) electrons. The minimum atomic E-state index is -0.816. The van der Waals surface area contributed by atoms with Crippen LogP contribution in [0, 0.1) is 24.6 Å². The molecule has 0 bridgehead atoms. The van der Waals surface area contributed by atoms with E-state index in [-0.39, 0.29) is 59.9 Å². The first kappa shape index (κ1) is 44.2. The number of rotatable bonds is 12. The summed E-state index contributed by atoms with van der Waals surface area (Å²) in [5.41, 5.74) is 12.9. The number of amides is 2. The van der Waals surface area contributed by atoms with Gasteiger partial charge in [-0.05, 0) is 86.8 Å². The van der Waals surface area contributed by atoms with Crippen molar-refractivity contribution < 1.29 is 28.7 Å². The molecule has 6 aromatic rings. The van der Waals surface area contributed by atoms with E-state index in [2.05, 4.69) is 40.6 Å². The minimum absolute atomic E-state index is 0.0680. The Hall–Kier alpha value is -5.98. The first-order valence-corrected chi connectivity index (χ1v) is 23.4. The number of piperidine rings is 2. The number of anilines is 2. The number of carbonyl (C=O) groups is 2. The molecule has 3 fully saturated rings. The third-order valence-electron chi connectivity index (χ3n) is 13.5. The van der Waals surface area contributed by atoms with Crippen molar-refractivity contribution in [2.24, 2.45) is 11.8 Å². The van der Waals surface area contributed by atoms with Crippen LogP contribution in [0.15, 0.2) is 64.6 Å². The molecule has 3 aliphatic rings. The Balaban J connectivity index is 0.779. The number of thiazole rings is 1. The fraction of sp³-hybridized carbons (Fsp3) is 0.468. The number of nitrogens with two attached hydrogens (primary N) is 1. The second kappa shape index (κ2) is 18.5. The smallest absolute Gasteiger partial charge is 0.243 e. The van der Waals surface area contributed by atoms with Gasteiger partial charge in [-0.25, -0.2) is 9.37 Å². The summed E-state index contributed by atoms with van der Waals surface area (Å²) < 4.78 is 21.9. The molecule has 0 spiro atoms. The van der Waals surface area contributed by atoms with Crippen LogP contribution in [0.25, 0.3) is 32.7 Å². The Morgan fingerprint density at radius 1 is 1.00 bits per heavy atom. The number of aliphatic hydroxyl groups is 1. The van der Waals surface area contributed by atoms with Crippen molar-refractivity contribution in [2.45, 2.75) is 89.9 Å². The van der Waals surface area contributed by atoms with Crippen LogP contribution >= 0.6 is 11.3 Å². The average molecular weight is 906 g/mol. The van der Waals surface area contributed by atoms with E-state index in [0.717, 1.165) is 80.1 Å². The van der Waals surface area contributed by atoms with Gasteiger partial charge in [-0.2, -0.15) is 5.10 Å². The Labute approximate surface area is 380 Å². The number of hydrogen-bond donors (Lipinski definition) is 4. The molecule has 1 unspecified atom stereocenters. The highest BCUT2D eigenvalue weighted by Gasteiger charge is 2.44. The van der Waals surface area contributed by atoms with E-state index in [0.29, 0.717) is 34.2 Å². The third kappa shape index (κ3) is 9.16. The lowest BCUT2D eigenvalue weighted by molar-refractivity contribution is -0.141. The maximum Gasteiger partial charge on any atom is 0.243 e. The number of β-amino-alcohol motifs (C(OH)–C–C–N with tert-alkyl or cyclic N) is 1. The lowest BCUT2D eigenvalue weighted by Crippen LogP contribution is -2.48. The summed E-state index contributed by atoms with van der Waals surface area (Å²) in [6, 6.07) is 14.4. The van der Waals surface area contributed by atoms with Gasteiger partial charge in [0.1, 0.15) is 23.5 Å². The number of phenolic OH excluding ortho intramolecular Hbond substituents is 1. The van der Waals surface area contributed by atoms with Crippen molar-refractivity contribution in [3.05, 3.63) is 82.9 Å². The molecule has 9 rings (SSSR count). The van der Waals surface area contributed by atoms with E-state index < -0.39 is 23.9 Å². The second-order valence-corrected chi connectivity index (χ2v) is 19.1. The zero-order valence-electron chi connectivity index (χ0n) is 37.1. The number of aliphatic hydroxyl groups excluding tert-OH is 1. The SMILES string of the molecule is Cc1ncsc1-c1ccc([C@H](C)NC(=O)[C@@H]2C[C@@H](O)CN2C(=O)C(c2cc(N3CCC(CN4CCC(n5nc(N)c6nnc(-c7cc(F)ccc7O)cc65)CC4)CC3)no2)C(C)C)cc1. The summed E-state index contributed by atoms with van der Waals surface area (Å²) in [5.74, 6) is 0.00538. The number of nitrogens with zero attached hydrogens (tertiary/aromatic N) is 9. The Morgan fingerprint density at radius 2 is 1.75 bits per heavy atom. The number of aromatic nitrogens is 6. The number of hydrogen-bond acceptors (Lipinski definition) is 14. The predicted octanol–water partition coefficient (Wildman–Crippen LogP) is 6.47. The van der Waals surface area contributed by atoms with Gasteiger partial charge in [-0.1, -0.05) is 43.3 Å². The number of likely N-dealkylation sites (tertiary alicyclic amines) is 2. The van der Waals surface area contributed by atoms with Crippen LogP contribution in [-0.4, -0.2) is 113 Å². The van der Waals surface area contributed by atoms with Crippen LogP contribution in [0.5, 0.6) is 5.75 Å². The molecule has 4 atom stereocenters. The molecule has 18 heteroatoms. The number of fused-ring (bicyclic) bond motifs is 1. The topological polar surface area (TPSA) is 205 Å². The van der Waals surface area contributed by atoms with Crippen molar-refractivity contribution in [1.29, 1.82) is 0 Å². The van der Waals surface area contributed by atoms with E-state index in [4.69, 9.17) is 10.3 Å². The molecule has 0 aliphatic carbocycles. The van der Waals surface area contributed by atoms with Gasteiger partial charge in [0.2, 0.25) is 11.8 Å². The summed E-state index contributed by atoms with van der Waals surface area (Å²) in [4.78, 5) is 39.8. The van der Waals surface area contributed by atoms with Crippen LogP contribution < -0.4 is 16.0 Å². The highest BCUT2D eigenvalue weighted by molar-refractivity contribution is 7.13. The molecule has 65 heavy (non-hydrogen) atoms. The average Bonchev–Trinajstić information content (AvgIpc) is 4.12. The number of phenols is 1. The van der Waals surface area contributed by atoms with Gasteiger partial charge in [-0.3, -0.25) is 14.3 Å². The summed E-state index contributed by atoms with van der Waals surface area (Å²) in [7, 11) is 0. The predicted molar refractivity (Wildman–Crippen MR) is 245 cm³/mol. The van der Waals surface area contributed by atoms with Crippen molar-refractivity contribution >= 4 is 45.8 Å². The Morgan fingerprint density at radius 3 is 2.46 bits per heavy atom. The summed E-state index contributed by atoms with van der Waals surface area (Å²) in [6.07, 6.45) is 3.06. The molecule has 5 N–H and O–H groups in total. The van der Waals surface area contributed by atoms with Gasteiger partial charge in [0, 0.05) is 57.3 Å². The Bertz CT molecular complexity index is 2650. The van der Waals surface area contributed by atoms with Crippen LogP contribution in [-0.2, 0) is 9.59 Å². The molecule has 4 aromatic heterocycles. The summed E-state index contributed by atoms with van der Waals surface area (Å²) >= 11 is 1.59. The third-order valence-corrected chi connectivity index (χ3v) is 14.4. The largest absolute Gasteiger partial charge is 0.507 e. The Kier molecular flexibility index (Phi) is 12.6. The molecule has 3 saturated heterocycles. The van der Waals surface area contributed by atoms with E-state index in [1.165, 1.54) is 23.1 Å². The highest BCUT2D eigenvalue weighted by atomic mass is 32.1. The molecule has 0 saturated carbocycles. The molecular weight excluding hydrogens is 850 g/mol. The maximum absolute atomic E-state index is 14.3. The highest BCUT2D eigenvalue weighted by Crippen LogP contribution is 2.36. The van der Waals surface area contributed by atoms with E-state index in [1.54, 1.807) is 17.4 Å². The van der Waals surface area contributed by atoms with Gasteiger partial charge >= 0.3 is 0 Å². The van der Waals surface area contributed by atoms with Crippen LogP contribution in [0.4, 0.5) is 16.0 Å². The van der Waals surface area contributed by atoms with Gasteiger partial charge < -0.3 is 40.5 Å². The van der Waals surface area contributed by atoms with E-state index in [9.17, 15) is 24.2 Å². The van der Waals surface area contributed by atoms with Crippen molar-refractivity contribution in [1.82, 2.24) is 45.2 Å². The van der Waals surface area contributed by atoms with Gasteiger partial charge in [0.05, 0.1) is 45.5 Å². The monoisotopic (exact) mass is 905 g/mol. The van der Waals surface area contributed by atoms with E-state index in [1.807, 2.05) is 68.2 Å². The molecule has 2 amide bonds. The zero-order valence-corrected chi connectivity index (χ0v) is 37.9. The molecule has 3 aliphatic heterocycles. The van der Waals surface area contributed by atoms with Crippen molar-refractivity contribution in [3.8, 4) is 27.4 Å². The fourth-order valence-corrected chi connectivity index (χ4v) is 10.6. The lowest BCUT2D eigenvalue weighted by atomic mass is 9.91. The number of nitrogen functional groups attached to an aromatic ring is 1. The maximum atomic E-state index is 14.3. The number of aromatic hydroxyl groups is 1. The molecule has 342 valence electrons. The molecule has 7 heterocycles. The van der Waals surface area contributed by atoms with Crippen molar-refractivity contribution in [3.63, 3.8) is 0 Å². The number of carbonyl (C=O) groups excluding carboxylic acids is 2. The summed E-state index contributed by atoms with van der Waals surface area (Å²) in [6.45, 7) is 12.3. The number of aryl methyl sites for hydroxylation is 1. The summed E-state index contributed by atoms with van der Waals surface area (Å²) in [5, 5.41) is 41.8. The van der Waals surface area contributed by atoms with Crippen LogP contribution in [0.1, 0.15) is 87.9 Å². The zero-order chi connectivity index (χ0) is 45.5. The van der Waals surface area contributed by atoms with Crippen LogP contribution in [0.3, 0.4) is 0 Å². The standard InChI is InChI=1S/C47H56FN11O5S/c1-26(2)42(47(63)58-24-34(60)20-38(58)46(62)51-27(3)30-5-7-31(8-6-30)44-28(4)50-25-65-44)40-22-41(55-64-40)57-17-11-29(12-18-57)23-56-15-13-33(14-16-56)59-37-21-36(52-53-43(37)45(49)54-59)35-19-32(48)9-10-39(35)61/h5-10,19,21-22,25-27,29,33-34,38,42,60-61H,11-18,20,23-24H2,1-4H3,(H2,49,54)(H,51,62)/t27-,34+,38-,42?/m0/s1. The lowest BCUT2D eigenvalue weighted by Gasteiger charge is -2.37. The van der Waals surface area contributed by atoms with Gasteiger partial charge in [0.25, 0.3) is 0 Å². The van der Waals surface area contributed by atoms with Gasteiger partial charge in [0.15, 0.2) is 22.9 Å². The van der Waals surface area contributed by atoms with E-state index >= 15 is 0 Å². The second-order valence-electron chi connectivity index (χ2n) is 18.2. The minimum Gasteiger partial charge on any atom is -0.507 e. The number of benzene rings is 2. The molecular formula is C47H56FN11O5S. The molecule has 2 aromatic carbocycles. The van der Waals surface area contributed by atoms with Crippen molar-refractivity contribution in [2.75, 3.05) is 49.9 Å². The quantitative estimate of drug-likeness (QED) is 0.104. The van der Waals surface area contributed by atoms with Crippen LogP contribution in [0.2, 0.25) is 0 Å². The fourth-order valence-electron chi connectivity index (χ4n) is 9.83. The number of halogens is 1. The molecule has 16 nitrogen and oxygen atoms in total. The van der Waals surface area contributed by atoms with Gasteiger partial charge in [-0.15, -0.1) is 21.5 Å². The number of nitrogens with one attached hydrogen (secondary N) is 1. The first-order valence-electron chi connectivity index (χ1n) is 22.5. The first-order chi connectivity index (χ1) is 31.3.